The molecule has 0 aliphatic heterocycles. The molecule has 2 rings (SSSR count). The number of aryl methyl sites for hydroxylation is 1. The summed E-state index contributed by atoms with van der Waals surface area (Å²) in [6, 6.07) is 10.8. The highest BCUT2D eigenvalue weighted by Gasteiger charge is 2.16. The van der Waals surface area contributed by atoms with Gasteiger partial charge < -0.3 is 5.32 Å². The molecule has 0 saturated carbocycles. The van der Waals surface area contributed by atoms with E-state index in [-0.39, 0.29) is 10.8 Å². The molecule has 26 heavy (non-hydrogen) atoms. The van der Waals surface area contributed by atoms with Crippen molar-refractivity contribution in [2.75, 3.05) is 11.3 Å². The van der Waals surface area contributed by atoms with Crippen molar-refractivity contribution in [2.45, 2.75) is 38.0 Å². The van der Waals surface area contributed by atoms with Crippen molar-refractivity contribution < 1.29 is 13.2 Å². The Hall–Kier alpha value is -2.05. The van der Waals surface area contributed by atoms with E-state index in [0.717, 1.165) is 24.8 Å². The number of benzene rings is 2. The summed E-state index contributed by atoms with van der Waals surface area (Å²) in [7, 11) is -3.74. The van der Waals surface area contributed by atoms with Gasteiger partial charge in [0.1, 0.15) is 0 Å². The number of amides is 1. The molecular weight excluding hydrogens is 372 g/mol. The molecule has 5 nitrogen and oxygen atoms in total. The molecule has 0 heterocycles. The van der Waals surface area contributed by atoms with E-state index < -0.39 is 10.0 Å². The largest absolute Gasteiger partial charge is 0.352 e. The third-order valence-electron chi connectivity index (χ3n) is 3.93. The summed E-state index contributed by atoms with van der Waals surface area (Å²) in [5.41, 5.74) is 1.62. The average Bonchev–Trinajstić information content (AvgIpc) is 2.61. The number of rotatable bonds is 8. The van der Waals surface area contributed by atoms with Gasteiger partial charge in [-0.3, -0.25) is 9.52 Å². The highest BCUT2D eigenvalue weighted by atomic mass is 35.5. The summed E-state index contributed by atoms with van der Waals surface area (Å²) >= 11 is 5.89. The van der Waals surface area contributed by atoms with Crippen LogP contribution in [-0.4, -0.2) is 20.9 Å². The number of carbonyl (C=O) groups excluding carboxylic acids is 1. The predicted octanol–water partition coefficient (Wildman–Crippen LogP) is 4.37. The molecular formula is C19H23ClN2O3S. The molecule has 2 N–H and O–H groups in total. The summed E-state index contributed by atoms with van der Waals surface area (Å²) in [6.07, 6.45) is 3.08. The molecule has 0 aromatic heterocycles. The van der Waals surface area contributed by atoms with Crippen molar-refractivity contribution in [1.29, 1.82) is 0 Å². The SMILES string of the molecule is CCCCCNC(=O)c1ccc(S(=O)(=O)Nc2ccc(Cl)cc2C)cc1. The second-order valence-corrected chi connectivity index (χ2v) is 8.17. The molecule has 2 aromatic rings. The van der Waals surface area contributed by atoms with E-state index in [0.29, 0.717) is 22.8 Å². The van der Waals surface area contributed by atoms with Crippen molar-refractivity contribution in [3.05, 3.63) is 58.6 Å². The Morgan fingerprint density at radius 3 is 2.38 bits per heavy atom. The minimum atomic E-state index is -3.74. The zero-order valence-electron chi connectivity index (χ0n) is 14.9. The van der Waals surface area contributed by atoms with E-state index in [4.69, 9.17) is 11.6 Å². The Morgan fingerprint density at radius 1 is 1.08 bits per heavy atom. The Labute approximate surface area is 159 Å². The standard InChI is InChI=1S/C19H23ClN2O3S/c1-3-4-5-12-21-19(23)15-6-9-17(10-7-15)26(24,25)22-18-11-8-16(20)13-14(18)2/h6-11,13,22H,3-5,12H2,1-2H3,(H,21,23). The molecule has 2 aromatic carbocycles. The highest BCUT2D eigenvalue weighted by Crippen LogP contribution is 2.23. The maximum absolute atomic E-state index is 12.5. The average molecular weight is 395 g/mol. The normalized spacial score (nSPS) is 11.2. The Morgan fingerprint density at radius 2 is 1.77 bits per heavy atom. The molecule has 0 radical (unpaired) electrons. The molecule has 140 valence electrons. The van der Waals surface area contributed by atoms with Crippen molar-refractivity contribution in [3.8, 4) is 0 Å². The number of halogens is 1. The molecule has 0 atom stereocenters. The minimum Gasteiger partial charge on any atom is -0.352 e. The summed E-state index contributed by atoms with van der Waals surface area (Å²) in [5, 5.41) is 3.37. The van der Waals surface area contributed by atoms with Crippen molar-refractivity contribution in [2.24, 2.45) is 0 Å². The maximum atomic E-state index is 12.5. The van der Waals surface area contributed by atoms with Crippen LogP contribution in [0.4, 0.5) is 5.69 Å². The number of nitrogens with one attached hydrogen (secondary N) is 2. The van der Waals surface area contributed by atoms with Crippen LogP contribution in [0.3, 0.4) is 0 Å². The van der Waals surface area contributed by atoms with Crippen LogP contribution in [0.5, 0.6) is 0 Å². The van der Waals surface area contributed by atoms with Crippen LogP contribution in [0.15, 0.2) is 47.4 Å². The number of carbonyl (C=O) groups is 1. The smallest absolute Gasteiger partial charge is 0.261 e. The van der Waals surface area contributed by atoms with Gasteiger partial charge >= 0.3 is 0 Å². The first kappa shape index (κ1) is 20.3. The second kappa shape index (κ2) is 9.05. The zero-order chi connectivity index (χ0) is 19.2. The van der Waals surface area contributed by atoms with Gasteiger partial charge in [-0.1, -0.05) is 31.4 Å². The number of anilines is 1. The lowest BCUT2D eigenvalue weighted by molar-refractivity contribution is 0.0953. The highest BCUT2D eigenvalue weighted by molar-refractivity contribution is 7.92. The summed E-state index contributed by atoms with van der Waals surface area (Å²) in [4.78, 5) is 12.1. The van der Waals surface area contributed by atoms with Crippen LogP contribution in [-0.2, 0) is 10.0 Å². The van der Waals surface area contributed by atoms with Gasteiger partial charge in [0.25, 0.3) is 15.9 Å². The molecule has 0 fully saturated rings. The molecule has 0 spiro atoms. The fourth-order valence-corrected chi connectivity index (χ4v) is 3.77. The molecule has 0 bridgehead atoms. The quantitative estimate of drug-likeness (QED) is 0.653. The van der Waals surface area contributed by atoms with Crippen LogP contribution in [0, 0.1) is 6.92 Å². The maximum Gasteiger partial charge on any atom is 0.261 e. The number of unbranched alkanes of at least 4 members (excludes halogenated alkanes) is 2. The van der Waals surface area contributed by atoms with E-state index in [1.54, 1.807) is 25.1 Å². The Balaban J connectivity index is 2.07. The summed E-state index contributed by atoms with van der Waals surface area (Å²) in [6.45, 7) is 4.49. The molecule has 7 heteroatoms. The lowest BCUT2D eigenvalue weighted by Crippen LogP contribution is -2.24. The van der Waals surface area contributed by atoms with Gasteiger partial charge in [-0.05, 0) is 61.4 Å². The van der Waals surface area contributed by atoms with Gasteiger partial charge in [0, 0.05) is 17.1 Å². The predicted molar refractivity (Wildman–Crippen MR) is 105 cm³/mol. The van der Waals surface area contributed by atoms with Gasteiger partial charge in [0.15, 0.2) is 0 Å². The first-order valence-electron chi connectivity index (χ1n) is 8.50. The third-order valence-corrected chi connectivity index (χ3v) is 5.54. The van der Waals surface area contributed by atoms with Gasteiger partial charge in [0.05, 0.1) is 10.6 Å². The van der Waals surface area contributed by atoms with Gasteiger partial charge in [-0.25, -0.2) is 8.42 Å². The van der Waals surface area contributed by atoms with E-state index in [9.17, 15) is 13.2 Å². The third kappa shape index (κ3) is 5.47. The minimum absolute atomic E-state index is 0.0920. The first-order valence-corrected chi connectivity index (χ1v) is 10.4. The van der Waals surface area contributed by atoms with E-state index in [1.165, 1.54) is 24.3 Å². The van der Waals surface area contributed by atoms with Crippen LogP contribution in [0.2, 0.25) is 5.02 Å². The topological polar surface area (TPSA) is 75.3 Å². The lowest BCUT2D eigenvalue weighted by atomic mass is 10.2. The summed E-state index contributed by atoms with van der Waals surface area (Å²) < 4.78 is 27.6. The van der Waals surface area contributed by atoms with Crippen molar-refractivity contribution >= 4 is 33.2 Å². The molecule has 0 saturated heterocycles. The van der Waals surface area contributed by atoms with E-state index in [1.807, 2.05) is 0 Å². The van der Waals surface area contributed by atoms with E-state index >= 15 is 0 Å². The van der Waals surface area contributed by atoms with Crippen LogP contribution in [0.1, 0.15) is 42.1 Å². The number of sulfonamides is 1. The Kier molecular flexibility index (Phi) is 7.06. The van der Waals surface area contributed by atoms with Gasteiger partial charge in [-0.15, -0.1) is 0 Å². The lowest BCUT2D eigenvalue weighted by Gasteiger charge is -2.11. The van der Waals surface area contributed by atoms with Crippen LogP contribution in [0.25, 0.3) is 0 Å². The zero-order valence-corrected chi connectivity index (χ0v) is 16.5. The summed E-state index contributed by atoms with van der Waals surface area (Å²) in [5.74, 6) is -0.202. The van der Waals surface area contributed by atoms with Gasteiger partial charge in [-0.2, -0.15) is 0 Å². The molecule has 0 aliphatic carbocycles. The van der Waals surface area contributed by atoms with Gasteiger partial charge in [0.2, 0.25) is 0 Å². The molecule has 1 amide bonds. The Bertz CT molecular complexity index is 865. The van der Waals surface area contributed by atoms with Crippen molar-refractivity contribution in [3.63, 3.8) is 0 Å². The second-order valence-electron chi connectivity index (χ2n) is 6.05. The molecule has 0 aliphatic rings. The number of hydrogen-bond acceptors (Lipinski definition) is 3. The molecule has 0 unspecified atom stereocenters. The van der Waals surface area contributed by atoms with E-state index in [2.05, 4.69) is 17.0 Å². The fourth-order valence-electron chi connectivity index (χ4n) is 2.41. The first-order chi connectivity index (χ1) is 12.3. The van der Waals surface area contributed by atoms with Crippen LogP contribution < -0.4 is 10.0 Å². The van der Waals surface area contributed by atoms with Crippen molar-refractivity contribution in [1.82, 2.24) is 5.32 Å². The number of hydrogen-bond donors (Lipinski definition) is 2. The fraction of sp³-hybridized carbons (Fsp3) is 0.316. The monoisotopic (exact) mass is 394 g/mol. The van der Waals surface area contributed by atoms with Crippen LogP contribution >= 0.6 is 11.6 Å².